The predicted octanol–water partition coefficient (Wildman–Crippen LogP) is 0.729. The van der Waals surface area contributed by atoms with E-state index in [9.17, 15) is 4.79 Å². The molecule has 21 heavy (non-hydrogen) atoms. The summed E-state index contributed by atoms with van der Waals surface area (Å²) in [5, 5.41) is 15.3. The van der Waals surface area contributed by atoms with Gasteiger partial charge in [-0.05, 0) is 19.1 Å². The number of carbonyl (C=O) groups excluding carboxylic acids is 1. The smallest absolute Gasteiger partial charge is 0.255 e. The van der Waals surface area contributed by atoms with E-state index in [4.69, 9.17) is 5.11 Å². The Bertz CT molecular complexity index is 683. The molecule has 6 heteroatoms. The number of H-pyrrole nitrogens is 1. The summed E-state index contributed by atoms with van der Waals surface area (Å²) in [4.78, 5) is 18.1. The fourth-order valence-electron chi connectivity index (χ4n) is 1.89. The summed E-state index contributed by atoms with van der Waals surface area (Å²) >= 11 is 0. The van der Waals surface area contributed by atoms with Gasteiger partial charge in [0.05, 0.1) is 12.1 Å². The SMILES string of the molecule is Cc1ccc(C#CCO)c(C(=O)N(C)Cc2ncn[nH]2)c1. The standard InChI is InChI=1S/C15H16N4O2/c1-11-5-6-12(4-3-7-20)13(8-11)15(21)19(2)9-14-16-10-17-18-14/h5-6,8,10,20H,7,9H2,1-2H3,(H,16,17,18). The normalized spacial score (nSPS) is 9.86. The first-order valence-electron chi connectivity index (χ1n) is 6.42. The minimum absolute atomic E-state index is 0.155. The van der Waals surface area contributed by atoms with Gasteiger partial charge in [-0.25, -0.2) is 4.98 Å². The van der Waals surface area contributed by atoms with Crippen LogP contribution in [0.1, 0.15) is 27.3 Å². The molecule has 2 rings (SSSR count). The molecule has 0 atom stereocenters. The molecule has 1 amide bonds. The van der Waals surface area contributed by atoms with Gasteiger partial charge in [-0.2, -0.15) is 5.10 Å². The van der Waals surface area contributed by atoms with Gasteiger partial charge in [0, 0.05) is 12.6 Å². The van der Waals surface area contributed by atoms with E-state index in [0.717, 1.165) is 5.56 Å². The largest absolute Gasteiger partial charge is 0.384 e. The van der Waals surface area contributed by atoms with Crippen LogP contribution in [0.2, 0.25) is 0 Å². The minimum atomic E-state index is -0.241. The maximum atomic E-state index is 12.5. The number of hydrogen-bond acceptors (Lipinski definition) is 4. The van der Waals surface area contributed by atoms with Crippen LogP contribution < -0.4 is 0 Å². The number of aliphatic hydroxyl groups excluding tert-OH is 1. The average molecular weight is 284 g/mol. The first kappa shape index (κ1) is 14.8. The Labute approximate surface area is 122 Å². The van der Waals surface area contributed by atoms with Crippen molar-refractivity contribution in [3.8, 4) is 11.8 Å². The second-order valence-corrected chi connectivity index (χ2v) is 4.60. The molecular weight excluding hydrogens is 268 g/mol. The molecule has 2 N–H and O–H groups in total. The number of amides is 1. The van der Waals surface area contributed by atoms with E-state index in [1.54, 1.807) is 24.1 Å². The number of rotatable bonds is 3. The number of aliphatic hydroxyl groups is 1. The third-order valence-corrected chi connectivity index (χ3v) is 2.91. The van der Waals surface area contributed by atoms with Crippen LogP contribution in [0.15, 0.2) is 24.5 Å². The average Bonchev–Trinajstić information content (AvgIpc) is 2.98. The van der Waals surface area contributed by atoms with Gasteiger partial charge in [-0.15, -0.1) is 0 Å². The highest BCUT2D eigenvalue weighted by Gasteiger charge is 2.16. The third kappa shape index (κ3) is 3.68. The highest BCUT2D eigenvalue weighted by atomic mass is 16.2. The zero-order chi connectivity index (χ0) is 15.2. The van der Waals surface area contributed by atoms with Crippen LogP contribution in [0.25, 0.3) is 0 Å². The molecule has 2 aromatic rings. The molecular formula is C15H16N4O2. The van der Waals surface area contributed by atoms with Crippen LogP contribution in [0.4, 0.5) is 0 Å². The summed E-state index contributed by atoms with van der Waals surface area (Å²) in [7, 11) is 1.69. The Hall–Kier alpha value is -2.65. The van der Waals surface area contributed by atoms with Crippen molar-refractivity contribution in [3.05, 3.63) is 47.0 Å². The van der Waals surface area contributed by atoms with Gasteiger partial charge in [0.25, 0.3) is 5.91 Å². The molecule has 1 aromatic carbocycles. The Balaban J connectivity index is 2.26. The van der Waals surface area contributed by atoms with Crippen LogP contribution in [0, 0.1) is 18.8 Å². The summed E-state index contributed by atoms with van der Waals surface area (Å²) in [5.74, 6) is 5.83. The molecule has 0 saturated carbocycles. The van der Waals surface area contributed by atoms with Crippen LogP contribution in [0.5, 0.6) is 0 Å². The number of aromatic amines is 1. The Morgan fingerprint density at radius 2 is 2.29 bits per heavy atom. The van der Waals surface area contributed by atoms with E-state index < -0.39 is 0 Å². The van der Waals surface area contributed by atoms with Crippen molar-refractivity contribution in [1.82, 2.24) is 20.1 Å². The fourth-order valence-corrected chi connectivity index (χ4v) is 1.89. The number of benzene rings is 1. The van der Waals surface area contributed by atoms with E-state index in [1.165, 1.54) is 6.33 Å². The van der Waals surface area contributed by atoms with Crippen molar-refractivity contribution < 1.29 is 9.90 Å². The first-order valence-corrected chi connectivity index (χ1v) is 6.42. The van der Waals surface area contributed by atoms with E-state index in [1.807, 2.05) is 13.0 Å². The predicted molar refractivity (Wildman–Crippen MR) is 77.3 cm³/mol. The summed E-state index contributed by atoms with van der Waals surface area (Å²) in [5.41, 5.74) is 2.09. The van der Waals surface area contributed by atoms with E-state index in [-0.39, 0.29) is 12.5 Å². The van der Waals surface area contributed by atoms with Crippen LogP contribution >= 0.6 is 0 Å². The molecule has 0 bridgehead atoms. The number of hydrogen-bond donors (Lipinski definition) is 2. The van der Waals surface area contributed by atoms with Crippen LogP contribution in [0.3, 0.4) is 0 Å². The topological polar surface area (TPSA) is 82.1 Å². The van der Waals surface area contributed by atoms with Crippen LogP contribution in [-0.4, -0.2) is 44.7 Å². The van der Waals surface area contributed by atoms with E-state index >= 15 is 0 Å². The summed E-state index contributed by atoms with van der Waals surface area (Å²) in [6, 6.07) is 5.46. The third-order valence-electron chi connectivity index (χ3n) is 2.91. The van der Waals surface area contributed by atoms with Crippen molar-refractivity contribution in [1.29, 1.82) is 0 Å². The second kappa shape index (κ2) is 6.68. The fraction of sp³-hybridized carbons (Fsp3) is 0.267. The molecule has 108 valence electrons. The quantitative estimate of drug-likeness (QED) is 0.814. The van der Waals surface area contributed by atoms with Gasteiger partial charge in [-0.1, -0.05) is 23.5 Å². The number of nitrogens with zero attached hydrogens (tertiary/aromatic N) is 3. The molecule has 0 unspecified atom stereocenters. The lowest BCUT2D eigenvalue weighted by Crippen LogP contribution is -2.27. The lowest BCUT2D eigenvalue weighted by molar-refractivity contribution is 0.0781. The van der Waals surface area contributed by atoms with E-state index in [0.29, 0.717) is 23.5 Å². The highest BCUT2D eigenvalue weighted by molar-refractivity contribution is 5.96. The van der Waals surface area contributed by atoms with Gasteiger partial charge in [0.1, 0.15) is 18.8 Å². The van der Waals surface area contributed by atoms with Crippen molar-refractivity contribution in [2.24, 2.45) is 0 Å². The maximum absolute atomic E-state index is 12.5. The number of aryl methyl sites for hydroxylation is 1. The Morgan fingerprint density at radius 3 is 2.95 bits per heavy atom. The summed E-state index contributed by atoms with van der Waals surface area (Å²) in [6.45, 7) is 2.01. The number of aromatic nitrogens is 3. The molecule has 1 aromatic heterocycles. The van der Waals surface area contributed by atoms with Gasteiger partial charge >= 0.3 is 0 Å². The zero-order valence-electron chi connectivity index (χ0n) is 11.9. The van der Waals surface area contributed by atoms with Crippen molar-refractivity contribution in [2.45, 2.75) is 13.5 Å². The van der Waals surface area contributed by atoms with Gasteiger partial charge < -0.3 is 10.0 Å². The molecule has 1 heterocycles. The number of carbonyl (C=O) groups is 1. The molecule has 0 radical (unpaired) electrons. The molecule has 0 spiro atoms. The molecule has 0 fully saturated rings. The van der Waals surface area contributed by atoms with Crippen molar-refractivity contribution >= 4 is 5.91 Å². The van der Waals surface area contributed by atoms with Gasteiger partial charge in [0.15, 0.2) is 0 Å². The second-order valence-electron chi connectivity index (χ2n) is 4.60. The lowest BCUT2D eigenvalue weighted by Gasteiger charge is -2.17. The molecule has 0 aliphatic carbocycles. The highest BCUT2D eigenvalue weighted by Crippen LogP contribution is 2.14. The summed E-state index contributed by atoms with van der Waals surface area (Å²) < 4.78 is 0. The molecule has 0 aliphatic rings. The van der Waals surface area contributed by atoms with Gasteiger partial charge in [-0.3, -0.25) is 9.89 Å². The minimum Gasteiger partial charge on any atom is -0.384 e. The van der Waals surface area contributed by atoms with Crippen molar-refractivity contribution in [3.63, 3.8) is 0 Å². The van der Waals surface area contributed by atoms with E-state index in [2.05, 4.69) is 27.0 Å². The lowest BCUT2D eigenvalue weighted by atomic mass is 10.0. The van der Waals surface area contributed by atoms with Crippen molar-refractivity contribution in [2.75, 3.05) is 13.7 Å². The zero-order valence-corrected chi connectivity index (χ0v) is 11.9. The molecule has 6 nitrogen and oxygen atoms in total. The van der Waals surface area contributed by atoms with Gasteiger partial charge in [0.2, 0.25) is 0 Å². The number of nitrogens with one attached hydrogen (secondary N) is 1. The molecule has 0 aliphatic heterocycles. The monoisotopic (exact) mass is 284 g/mol. The Morgan fingerprint density at radius 1 is 1.48 bits per heavy atom. The van der Waals surface area contributed by atoms with Crippen LogP contribution in [-0.2, 0) is 6.54 Å². The summed E-state index contributed by atoms with van der Waals surface area (Å²) in [6.07, 6.45) is 1.40. The molecule has 0 saturated heterocycles. The Kier molecular flexibility index (Phi) is 4.69. The first-order chi connectivity index (χ1) is 10.1. The maximum Gasteiger partial charge on any atom is 0.255 e.